The molecule has 6 nitrogen and oxygen atoms in total. The van der Waals surface area contributed by atoms with E-state index in [9.17, 15) is 4.79 Å². The van der Waals surface area contributed by atoms with Gasteiger partial charge in [-0.3, -0.25) is 9.48 Å². The summed E-state index contributed by atoms with van der Waals surface area (Å²) in [7, 11) is 0. The molecule has 23 heavy (non-hydrogen) atoms. The van der Waals surface area contributed by atoms with Gasteiger partial charge in [-0.05, 0) is 46.1 Å². The average molecular weight is 316 g/mol. The van der Waals surface area contributed by atoms with Gasteiger partial charge in [0.25, 0.3) is 5.91 Å². The standard InChI is InChI=1S/C17H24N4O2/c1-5-15-16(13(4)23-19-15)17(22)20-8-6-7-14(10-20)21-12(3)9-11(2)18-21/h9,14H,5-8,10H2,1-4H3/t14-/m1/s1. The first-order valence-corrected chi connectivity index (χ1v) is 8.28. The number of aryl methyl sites for hydroxylation is 4. The second-order valence-corrected chi connectivity index (χ2v) is 6.33. The third-order valence-electron chi connectivity index (χ3n) is 4.56. The molecule has 1 aliphatic rings. The van der Waals surface area contributed by atoms with E-state index in [-0.39, 0.29) is 11.9 Å². The summed E-state index contributed by atoms with van der Waals surface area (Å²) in [6, 6.07) is 2.33. The van der Waals surface area contributed by atoms with Crippen LogP contribution in [0.1, 0.15) is 59.0 Å². The molecule has 1 fully saturated rings. The third-order valence-corrected chi connectivity index (χ3v) is 4.56. The summed E-state index contributed by atoms with van der Waals surface area (Å²) in [5, 5.41) is 8.59. The van der Waals surface area contributed by atoms with Crippen LogP contribution >= 0.6 is 0 Å². The summed E-state index contributed by atoms with van der Waals surface area (Å²) < 4.78 is 7.28. The Hall–Kier alpha value is -2.11. The minimum atomic E-state index is 0.0341. The first-order valence-electron chi connectivity index (χ1n) is 8.28. The van der Waals surface area contributed by atoms with Crippen LogP contribution < -0.4 is 0 Å². The molecule has 124 valence electrons. The normalized spacial score (nSPS) is 18.4. The maximum atomic E-state index is 12.9. The molecule has 1 aliphatic heterocycles. The molecule has 0 unspecified atom stereocenters. The van der Waals surface area contributed by atoms with Crippen LogP contribution in [0.2, 0.25) is 0 Å². The van der Waals surface area contributed by atoms with Crippen molar-refractivity contribution in [2.24, 2.45) is 0 Å². The second-order valence-electron chi connectivity index (χ2n) is 6.33. The van der Waals surface area contributed by atoms with Gasteiger partial charge in [-0.1, -0.05) is 12.1 Å². The lowest BCUT2D eigenvalue weighted by molar-refractivity contribution is 0.0669. The van der Waals surface area contributed by atoms with Gasteiger partial charge in [-0.2, -0.15) is 5.10 Å². The van der Waals surface area contributed by atoms with E-state index in [1.54, 1.807) is 0 Å². The highest BCUT2D eigenvalue weighted by atomic mass is 16.5. The van der Waals surface area contributed by atoms with Gasteiger partial charge < -0.3 is 9.42 Å². The van der Waals surface area contributed by atoms with E-state index in [0.29, 0.717) is 24.3 Å². The van der Waals surface area contributed by atoms with Crippen LogP contribution in [0.4, 0.5) is 0 Å². The number of nitrogens with zero attached hydrogens (tertiary/aromatic N) is 4. The summed E-state index contributed by atoms with van der Waals surface area (Å²) in [5.41, 5.74) is 3.56. The maximum Gasteiger partial charge on any atom is 0.259 e. The maximum absolute atomic E-state index is 12.9. The molecule has 2 aromatic rings. The number of hydrogen-bond donors (Lipinski definition) is 0. The quantitative estimate of drug-likeness (QED) is 0.873. The lowest BCUT2D eigenvalue weighted by atomic mass is 10.0. The topological polar surface area (TPSA) is 64.2 Å². The highest BCUT2D eigenvalue weighted by Gasteiger charge is 2.30. The van der Waals surface area contributed by atoms with Gasteiger partial charge in [0, 0.05) is 18.8 Å². The molecule has 6 heteroatoms. The Morgan fingerprint density at radius 3 is 2.83 bits per heavy atom. The van der Waals surface area contributed by atoms with Gasteiger partial charge in [0.1, 0.15) is 11.3 Å². The van der Waals surface area contributed by atoms with Crippen LogP contribution in [0.15, 0.2) is 10.6 Å². The Balaban J connectivity index is 1.82. The predicted molar refractivity (Wildman–Crippen MR) is 86.5 cm³/mol. The fraction of sp³-hybridized carbons (Fsp3) is 0.588. The van der Waals surface area contributed by atoms with Crippen LogP contribution in [0.5, 0.6) is 0 Å². The fourth-order valence-electron chi connectivity index (χ4n) is 3.45. The van der Waals surface area contributed by atoms with Crippen molar-refractivity contribution >= 4 is 5.91 Å². The smallest absolute Gasteiger partial charge is 0.259 e. The Kier molecular flexibility index (Phi) is 4.24. The molecular weight excluding hydrogens is 292 g/mol. The lowest BCUT2D eigenvalue weighted by Gasteiger charge is -2.33. The van der Waals surface area contributed by atoms with Crippen LogP contribution in [0, 0.1) is 20.8 Å². The zero-order valence-corrected chi connectivity index (χ0v) is 14.3. The third kappa shape index (κ3) is 2.90. The molecule has 1 atom stereocenters. The highest BCUT2D eigenvalue weighted by molar-refractivity contribution is 5.96. The van der Waals surface area contributed by atoms with E-state index in [4.69, 9.17) is 4.52 Å². The molecule has 2 aromatic heterocycles. The number of carbonyl (C=O) groups is 1. The van der Waals surface area contributed by atoms with Crippen LogP contribution in [0.25, 0.3) is 0 Å². The monoisotopic (exact) mass is 316 g/mol. The van der Waals surface area contributed by atoms with Crippen molar-refractivity contribution in [3.05, 3.63) is 34.5 Å². The molecule has 1 amide bonds. The van der Waals surface area contributed by atoms with Gasteiger partial charge in [0.05, 0.1) is 17.4 Å². The summed E-state index contributed by atoms with van der Waals surface area (Å²) in [6.07, 6.45) is 2.74. The number of aromatic nitrogens is 3. The van der Waals surface area contributed by atoms with Crippen molar-refractivity contribution in [3.63, 3.8) is 0 Å². The van der Waals surface area contributed by atoms with E-state index in [2.05, 4.69) is 27.9 Å². The highest BCUT2D eigenvalue weighted by Crippen LogP contribution is 2.25. The Labute approximate surface area is 136 Å². The second kappa shape index (κ2) is 6.18. The van der Waals surface area contributed by atoms with Crippen molar-refractivity contribution < 1.29 is 9.32 Å². The van der Waals surface area contributed by atoms with E-state index in [1.165, 1.54) is 0 Å². The van der Waals surface area contributed by atoms with Gasteiger partial charge in [-0.15, -0.1) is 0 Å². The molecule has 3 heterocycles. The summed E-state index contributed by atoms with van der Waals surface area (Å²) in [4.78, 5) is 14.8. The van der Waals surface area contributed by atoms with Gasteiger partial charge in [0.15, 0.2) is 0 Å². The zero-order chi connectivity index (χ0) is 16.6. The van der Waals surface area contributed by atoms with Crippen LogP contribution in [-0.4, -0.2) is 38.8 Å². The van der Waals surface area contributed by atoms with Crippen LogP contribution in [0.3, 0.4) is 0 Å². The largest absolute Gasteiger partial charge is 0.361 e. The molecule has 0 bridgehead atoms. The van der Waals surface area contributed by atoms with E-state index in [0.717, 1.165) is 36.5 Å². The van der Waals surface area contributed by atoms with Crippen molar-refractivity contribution in [1.29, 1.82) is 0 Å². The lowest BCUT2D eigenvalue weighted by Crippen LogP contribution is -2.41. The minimum Gasteiger partial charge on any atom is -0.361 e. The van der Waals surface area contributed by atoms with Gasteiger partial charge in [0.2, 0.25) is 0 Å². The molecule has 0 saturated carbocycles. The number of rotatable bonds is 3. The fourth-order valence-corrected chi connectivity index (χ4v) is 3.45. The van der Waals surface area contributed by atoms with Crippen LogP contribution in [-0.2, 0) is 6.42 Å². The molecular formula is C17H24N4O2. The number of piperidine rings is 1. The van der Waals surface area contributed by atoms with E-state index < -0.39 is 0 Å². The first-order chi connectivity index (χ1) is 11.0. The predicted octanol–water partition coefficient (Wildman–Crippen LogP) is 2.84. The molecule has 1 saturated heterocycles. The van der Waals surface area contributed by atoms with E-state index >= 15 is 0 Å². The Bertz CT molecular complexity index is 716. The summed E-state index contributed by atoms with van der Waals surface area (Å²) >= 11 is 0. The zero-order valence-electron chi connectivity index (χ0n) is 14.3. The average Bonchev–Trinajstić information content (AvgIpc) is 3.08. The number of likely N-dealkylation sites (tertiary alicyclic amines) is 1. The molecule has 0 aromatic carbocycles. The molecule has 0 aliphatic carbocycles. The Morgan fingerprint density at radius 1 is 1.39 bits per heavy atom. The summed E-state index contributed by atoms with van der Waals surface area (Å²) in [6.45, 7) is 9.34. The van der Waals surface area contributed by atoms with Crippen molar-refractivity contribution in [2.45, 2.75) is 53.0 Å². The summed E-state index contributed by atoms with van der Waals surface area (Å²) in [5.74, 6) is 0.645. The molecule has 0 radical (unpaired) electrons. The van der Waals surface area contributed by atoms with Crippen molar-refractivity contribution in [1.82, 2.24) is 19.8 Å². The minimum absolute atomic E-state index is 0.0341. The number of carbonyl (C=O) groups excluding carboxylic acids is 1. The first kappa shape index (κ1) is 15.8. The van der Waals surface area contributed by atoms with E-state index in [1.807, 2.05) is 25.7 Å². The van der Waals surface area contributed by atoms with Gasteiger partial charge >= 0.3 is 0 Å². The SMILES string of the molecule is CCc1noc(C)c1C(=O)N1CCC[C@@H](n2nc(C)cc2C)C1. The number of hydrogen-bond acceptors (Lipinski definition) is 4. The Morgan fingerprint density at radius 2 is 2.17 bits per heavy atom. The molecule has 0 N–H and O–H groups in total. The van der Waals surface area contributed by atoms with Crippen molar-refractivity contribution in [2.75, 3.05) is 13.1 Å². The molecule has 3 rings (SSSR count). The van der Waals surface area contributed by atoms with Crippen molar-refractivity contribution in [3.8, 4) is 0 Å². The molecule has 0 spiro atoms. The van der Waals surface area contributed by atoms with Gasteiger partial charge in [-0.25, -0.2) is 0 Å². The number of amides is 1.